The normalized spacial score (nSPS) is 31.6. The number of nitrogens with two attached hydrogens (primary N) is 1. The molecule has 1 amide bonds. The minimum absolute atomic E-state index is 0.0370. The molecular formula is C15H28N2O. The van der Waals surface area contributed by atoms with Crippen molar-refractivity contribution in [2.75, 3.05) is 13.1 Å². The maximum atomic E-state index is 12.9. The number of hydrogen-bond acceptors (Lipinski definition) is 2. The van der Waals surface area contributed by atoms with Gasteiger partial charge in [-0.15, -0.1) is 0 Å². The van der Waals surface area contributed by atoms with Crippen LogP contribution < -0.4 is 5.73 Å². The molecule has 18 heavy (non-hydrogen) atoms. The molecule has 1 heterocycles. The molecule has 1 aliphatic carbocycles. The van der Waals surface area contributed by atoms with E-state index >= 15 is 0 Å². The molecule has 2 atom stereocenters. The highest BCUT2D eigenvalue weighted by Gasteiger charge is 2.44. The molecule has 3 nitrogen and oxygen atoms in total. The lowest BCUT2D eigenvalue weighted by atomic mass is 9.80. The molecule has 0 radical (unpaired) electrons. The summed E-state index contributed by atoms with van der Waals surface area (Å²) in [6.45, 7) is 5.98. The molecule has 0 aromatic heterocycles. The summed E-state index contributed by atoms with van der Waals surface area (Å²) in [5.74, 6) is 0.939. The van der Waals surface area contributed by atoms with Gasteiger partial charge in [-0.3, -0.25) is 4.79 Å². The first kappa shape index (κ1) is 13.9. The zero-order chi connectivity index (χ0) is 13.2. The van der Waals surface area contributed by atoms with Crippen LogP contribution in [0.15, 0.2) is 0 Å². The predicted molar refractivity (Wildman–Crippen MR) is 74.1 cm³/mol. The Balaban J connectivity index is 2.10. The molecule has 2 aliphatic rings. The van der Waals surface area contributed by atoms with Crippen molar-refractivity contribution in [3.63, 3.8) is 0 Å². The Morgan fingerprint density at radius 3 is 2.56 bits per heavy atom. The highest BCUT2D eigenvalue weighted by Crippen LogP contribution is 2.43. The Hall–Kier alpha value is -0.570. The van der Waals surface area contributed by atoms with Crippen molar-refractivity contribution in [3.05, 3.63) is 0 Å². The highest BCUT2D eigenvalue weighted by molar-refractivity contribution is 5.83. The fourth-order valence-corrected chi connectivity index (χ4v) is 3.73. The minimum Gasteiger partial charge on any atom is -0.339 e. The van der Waals surface area contributed by atoms with Gasteiger partial charge in [0.2, 0.25) is 5.91 Å². The number of amides is 1. The largest absolute Gasteiger partial charge is 0.339 e. The zero-order valence-corrected chi connectivity index (χ0v) is 12.0. The molecule has 1 saturated carbocycles. The predicted octanol–water partition coefficient (Wildman–Crippen LogP) is 2.54. The lowest BCUT2D eigenvalue weighted by Gasteiger charge is -2.42. The monoisotopic (exact) mass is 252 g/mol. The van der Waals surface area contributed by atoms with Gasteiger partial charge < -0.3 is 10.6 Å². The van der Waals surface area contributed by atoms with E-state index in [1.807, 2.05) is 0 Å². The summed E-state index contributed by atoms with van der Waals surface area (Å²) in [7, 11) is 0. The van der Waals surface area contributed by atoms with E-state index in [9.17, 15) is 4.79 Å². The van der Waals surface area contributed by atoms with Crippen LogP contribution in [0, 0.1) is 11.3 Å². The van der Waals surface area contributed by atoms with E-state index in [1.165, 1.54) is 19.3 Å². The van der Waals surface area contributed by atoms with Crippen LogP contribution in [0.3, 0.4) is 0 Å². The third-order valence-electron chi connectivity index (χ3n) is 5.26. The van der Waals surface area contributed by atoms with Crippen molar-refractivity contribution in [3.8, 4) is 0 Å². The highest BCUT2D eigenvalue weighted by atomic mass is 16.2. The molecule has 2 N–H and O–H groups in total. The van der Waals surface area contributed by atoms with Gasteiger partial charge in [-0.2, -0.15) is 0 Å². The molecule has 0 aromatic rings. The van der Waals surface area contributed by atoms with Crippen molar-refractivity contribution in [1.29, 1.82) is 0 Å². The topological polar surface area (TPSA) is 46.3 Å². The molecule has 1 saturated heterocycles. The van der Waals surface area contributed by atoms with Gasteiger partial charge in [-0.05, 0) is 51.5 Å². The Bertz CT molecular complexity index is 297. The van der Waals surface area contributed by atoms with Crippen LogP contribution in [-0.4, -0.2) is 29.9 Å². The van der Waals surface area contributed by atoms with Crippen LogP contribution in [0.25, 0.3) is 0 Å². The van der Waals surface area contributed by atoms with E-state index in [0.717, 1.165) is 38.8 Å². The SMILES string of the molecule is CCC1(C(=O)N2CC(CN)CCC2C)CCCC1. The van der Waals surface area contributed by atoms with Gasteiger partial charge in [0.1, 0.15) is 0 Å². The zero-order valence-electron chi connectivity index (χ0n) is 12.0. The minimum atomic E-state index is -0.0370. The van der Waals surface area contributed by atoms with E-state index in [-0.39, 0.29) is 5.41 Å². The van der Waals surface area contributed by atoms with E-state index in [2.05, 4.69) is 18.7 Å². The smallest absolute Gasteiger partial charge is 0.229 e. The summed E-state index contributed by atoms with van der Waals surface area (Å²) >= 11 is 0. The molecule has 2 rings (SSSR count). The number of rotatable bonds is 3. The number of hydrogen-bond donors (Lipinski definition) is 1. The van der Waals surface area contributed by atoms with Crippen molar-refractivity contribution in [2.24, 2.45) is 17.1 Å². The fourth-order valence-electron chi connectivity index (χ4n) is 3.73. The Kier molecular flexibility index (Phi) is 4.31. The number of carbonyl (C=O) groups excluding carboxylic acids is 1. The van der Waals surface area contributed by atoms with E-state index in [1.54, 1.807) is 0 Å². The van der Waals surface area contributed by atoms with Crippen LogP contribution in [0.4, 0.5) is 0 Å². The van der Waals surface area contributed by atoms with Crippen LogP contribution in [0.1, 0.15) is 58.8 Å². The molecular weight excluding hydrogens is 224 g/mol. The number of nitrogens with zero attached hydrogens (tertiary/aromatic N) is 1. The third-order valence-corrected chi connectivity index (χ3v) is 5.26. The standard InChI is InChI=1S/C15H28N2O/c1-3-15(8-4-5-9-15)14(18)17-11-13(10-16)7-6-12(17)2/h12-13H,3-11,16H2,1-2H3. The Morgan fingerprint density at radius 1 is 1.33 bits per heavy atom. The van der Waals surface area contributed by atoms with E-state index < -0.39 is 0 Å². The van der Waals surface area contributed by atoms with Gasteiger partial charge >= 0.3 is 0 Å². The molecule has 0 spiro atoms. The first-order valence-corrected chi connectivity index (χ1v) is 7.64. The van der Waals surface area contributed by atoms with Gasteiger partial charge in [-0.25, -0.2) is 0 Å². The molecule has 0 aromatic carbocycles. The van der Waals surface area contributed by atoms with Gasteiger partial charge in [0.25, 0.3) is 0 Å². The van der Waals surface area contributed by atoms with Crippen molar-refractivity contribution < 1.29 is 4.79 Å². The van der Waals surface area contributed by atoms with Crippen LogP contribution in [0.5, 0.6) is 0 Å². The van der Waals surface area contributed by atoms with Gasteiger partial charge in [0.15, 0.2) is 0 Å². The summed E-state index contributed by atoms with van der Waals surface area (Å²) in [6, 6.07) is 0.407. The average molecular weight is 252 g/mol. The first-order chi connectivity index (χ1) is 8.63. The second-order valence-corrected chi connectivity index (χ2v) is 6.33. The fraction of sp³-hybridized carbons (Fsp3) is 0.933. The average Bonchev–Trinajstić information content (AvgIpc) is 2.88. The summed E-state index contributed by atoms with van der Waals surface area (Å²) in [5.41, 5.74) is 5.76. The molecule has 104 valence electrons. The number of carbonyl (C=O) groups is 1. The summed E-state index contributed by atoms with van der Waals surface area (Å²) in [6.07, 6.45) is 7.94. The summed E-state index contributed by atoms with van der Waals surface area (Å²) in [4.78, 5) is 15.1. The van der Waals surface area contributed by atoms with Gasteiger partial charge in [-0.1, -0.05) is 19.8 Å². The second-order valence-electron chi connectivity index (χ2n) is 6.33. The third kappa shape index (κ3) is 2.42. The summed E-state index contributed by atoms with van der Waals surface area (Å²) in [5, 5.41) is 0. The van der Waals surface area contributed by atoms with Crippen LogP contribution >= 0.6 is 0 Å². The molecule has 0 bridgehead atoms. The molecule has 2 fully saturated rings. The first-order valence-electron chi connectivity index (χ1n) is 7.64. The Morgan fingerprint density at radius 2 is 2.00 bits per heavy atom. The van der Waals surface area contributed by atoms with Crippen LogP contribution in [0.2, 0.25) is 0 Å². The van der Waals surface area contributed by atoms with Crippen molar-refractivity contribution in [2.45, 2.75) is 64.8 Å². The summed E-state index contributed by atoms with van der Waals surface area (Å²) < 4.78 is 0. The number of piperidine rings is 1. The molecule has 3 heteroatoms. The maximum Gasteiger partial charge on any atom is 0.229 e. The van der Waals surface area contributed by atoms with E-state index in [0.29, 0.717) is 17.9 Å². The lowest BCUT2D eigenvalue weighted by molar-refractivity contribution is -0.146. The Labute approximate surface area is 111 Å². The van der Waals surface area contributed by atoms with Crippen molar-refractivity contribution >= 4 is 5.91 Å². The second kappa shape index (κ2) is 5.60. The molecule has 2 unspecified atom stereocenters. The van der Waals surface area contributed by atoms with Crippen molar-refractivity contribution in [1.82, 2.24) is 4.90 Å². The quantitative estimate of drug-likeness (QED) is 0.839. The maximum absolute atomic E-state index is 12.9. The van der Waals surface area contributed by atoms with Crippen LogP contribution in [-0.2, 0) is 4.79 Å². The number of likely N-dealkylation sites (tertiary alicyclic amines) is 1. The molecule has 1 aliphatic heterocycles. The van der Waals surface area contributed by atoms with Gasteiger partial charge in [0, 0.05) is 18.0 Å². The van der Waals surface area contributed by atoms with Gasteiger partial charge in [0.05, 0.1) is 0 Å². The van der Waals surface area contributed by atoms with E-state index in [4.69, 9.17) is 5.73 Å². The lowest BCUT2D eigenvalue weighted by Crippen LogP contribution is -2.52.